The number of carbonyl (C=O) groups excluding carboxylic acids is 1. The Morgan fingerprint density at radius 3 is 2.54 bits per heavy atom. The first-order valence-electron chi connectivity index (χ1n) is 8.41. The zero-order valence-electron chi connectivity index (χ0n) is 15.1. The fraction of sp³-hybridized carbons (Fsp3) is 0.238. The maximum absolute atomic E-state index is 13.2. The molecule has 0 saturated carbocycles. The third-order valence-electron chi connectivity index (χ3n) is 5.13. The molecule has 1 aliphatic rings. The Bertz CT molecular complexity index is 1110. The van der Waals surface area contributed by atoms with Crippen LogP contribution in [-0.4, -0.2) is 25.0 Å². The molecule has 0 unspecified atom stereocenters. The summed E-state index contributed by atoms with van der Waals surface area (Å²) in [7, 11) is 3.27. The van der Waals surface area contributed by atoms with E-state index in [1.165, 1.54) is 0 Å². The number of aryl methyl sites for hydroxylation is 2. The van der Waals surface area contributed by atoms with Gasteiger partial charge in [0.15, 0.2) is 5.43 Å². The molecule has 0 fully saturated rings. The minimum atomic E-state index is -0.491. The lowest BCUT2D eigenvalue weighted by Gasteiger charge is -2.20. The van der Waals surface area contributed by atoms with Gasteiger partial charge in [0.25, 0.3) is 5.91 Å². The van der Waals surface area contributed by atoms with E-state index in [1.807, 2.05) is 50.2 Å². The van der Waals surface area contributed by atoms with E-state index in [9.17, 15) is 9.59 Å². The number of benzene rings is 2. The average molecular weight is 349 g/mol. The SMILES string of the molecule is COc1cccc([C@@H]2c3c(oc4cc(C)c(C)cc4c3=O)C(=O)N2C)c1. The van der Waals surface area contributed by atoms with Crippen molar-refractivity contribution in [3.63, 3.8) is 0 Å². The molecule has 0 bridgehead atoms. The summed E-state index contributed by atoms with van der Waals surface area (Å²) in [6.07, 6.45) is 0. The second-order valence-electron chi connectivity index (χ2n) is 6.70. The highest BCUT2D eigenvalue weighted by atomic mass is 16.5. The number of fused-ring (bicyclic) bond motifs is 2. The second-order valence-corrected chi connectivity index (χ2v) is 6.70. The van der Waals surface area contributed by atoms with Crippen LogP contribution in [0.15, 0.2) is 45.6 Å². The van der Waals surface area contributed by atoms with Crippen LogP contribution in [0.4, 0.5) is 0 Å². The Morgan fingerprint density at radius 1 is 1.08 bits per heavy atom. The molecule has 1 amide bonds. The molecule has 4 rings (SSSR count). The highest BCUT2D eigenvalue weighted by Crippen LogP contribution is 2.38. The number of hydrogen-bond donors (Lipinski definition) is 0. The van der Waals surface area contributed by atoms with E-state index in [1.54, 1.807) is 19.1 Å². The predicted molar refractivity (Wildman–Crippen MR) is 98.9 cm³/mol. The van der Waals surface area contributed by atoms with E-state index < -0.39 is 6.04 Å². The van der Waals surface area contributed by atoms with E-state index in [0.29, 0.717) is 22.3 Å². The summed E-state index contributed by atoms with van der Waals surface area (Å²) < 4.78 is 11.2. The molecular formula is C21H19NO4. The molecule has 2 aromatic carbocycles. The summed E-state index contributed by atoms with van der Waals surface area (Å²) >= 11 is 0. The highest BCUT2D eigenvalue weighted by Gasteiger charge is 2.40. The fourth-order valence-corrected chi connectivity index (χ4v) is 3.54. The molecule has 2 heterocycles. The standard InChI is InChI=1S/C21H19NO4/c1-11-8-15-16(9-12(11)2)26-20-17(19(15)23)18(22(3)21(20)24)13-6-5-7-14(10-13)25-4/h5-10,18H,1-4H3/t18-/m1/s1. The molecule has 26 heavy (non-hydrogen) atoms. The summed E-state index contributed by atoms with van der Waals surface area (Å²) in [5.41, 5.74) is 3.53. The van der Waals surface area contributed by atoms with Gasteiger partial charge in [-0.1, -0.05) is 12.1 Å². The maximum Gasteiger partial charge on any atom is 0.290 e. The van der Waals surface area contributed by atoms with Crippen LogP contribution in [0.1, 0.15) is 38.9 Å². The minimum absolute atomic E-state index is 0.126. The van der Waals surface area contributed by atoms with Crippen molar-refractivity contribution in [2.75, 3.05) is 14.2 Å². The normalized spacial score (nSPS) is 16.2. The molecule has 5 nitrogen and oxygen atoms in total. The monoisotopic (exact) mass is 349 g/mol. The lowest BCUT2D eigenvalue weighted by molar-refractivity contribution is 0.0771. The zero-order valence-corrected chi connectivity index (χ0v) is 15.1. The van der Waals surface area contributed by atoms with Gasteiger partial charge in [-0.05, 0) is 54.8 Å². The van der Waals surface area contributed by atoms with E-state index >= 15 is 0 Å². The van der Waals surface area contributed by atoms with Gasteiger partial charge in [-0.3, -0.25) is 9.59 Å². The molecule has 0 radical (unpaired) electrons. The molecular weight excluding hydrogens is 330 g/mol. The van der Waals surface area contributed by atoms with E-state index in [4.69, 9.17) is 9.15 Å². The number of ether oxygens (including phenoxy) is 1. The quantitative estimate of drug-likeness (QED) is 0.709. The Balaban J connectivity index is 2.02. The molecule has 1 aromatic heterocycles. The number of rotatable bonds is 2. The van der Waals surface area contributed by atoms with Crippen molar-refractivity contribution < 1.29 is 13.9 Å². The van der Waals surface area contributed by atoms with Crippen molar-refractivity contribution in [2.45, 2.75) is 19.9 Å². The number of nitrogens with zero attached hydrogens (tertiary/aromatic N) is 1. The summed E-state index contributed by atoms with van der Waals surface area (Å²) in [5, 5.41) is 0.503. The Kier molecular flexibility index (Phi) is 3.61. The lowest BCUT2D eigenvalue weighted by Crippen LogP contribution is -2.25. The van der Waals surface area contributed by atoms with Crippen LogP contribution in [-0.2, 0) is 0 Å². The molecule has 0 aliphatic carbocycles. The van der Waals surface area contributed by atoms with Gasteiger partial charge >= 0.3 is 0 Å². The third kappa shape index (κ3) is 2.24. The summed E-state index contributed by atoms with van der Waals surface area (Å²) in [5.74, 6) is 0.513. The average Bonchev–Trinajstić information content (AvgIpc) is 2.89. The van der Waals surface area contributed by atoms with E-state index in [-0.39, 0.29) is 17.1 Å². The van der Waals surface area contributed by atoms with E-state index in [2.05, 4.69) is 0 Å². The summed E-state index contributed by atoms with van der Waals surface area (Å²) in [6, 6.07) is 10.6. The highest BCUT2D eigenvalue weighted by molar-refractivity contribution is 5.99. The predicted octanol–water partition coefficient (Wildman–Crippen LogP) is 3.59. The van der Waals surface area contributed by atoms with Crippen LogP contribution < -0.4 is 10.2 Å². The first-order chi connectivity index (χ1) is 12.4. The van der Waals surface area contributed by atoms with Gasteiger partial charge in [0.05, 0.1) is 24.1 Å². The third-order valence-corrected chi connectivity index (χ3v) is 5.13. The first kappa shape index (κ1) is 16.4. The lowest BCUT2D eigenvalue weighted by atomic mass is 9.97. The molecule has 3 aromatic rings. The Morgan fingerprint density at radius 2 is 1.81 bits per heavy atom. The van der Waals surface area contributed by atoms with Gasteiger partial charge in [0.2, 0.25) is 5.76 Å². The van der Waals surface area contributed by atoms with Crippen molar-refractivity contribution in [3.8, 4) is 5.75 Å². The van der Waals surface area contributed by atoms with Crippen LogP contribution in [0.5, 0.6) is 5.75 Å². The molecule has 0 N–H and O–H groups in total. The topological polar surface area (TPSA) is 59.8 Å². The summed E-state index contributed by atoms with van der Waals surface area (Å²) in [6.45, 7) is 3.91. The van der Waals surface area contributed by atoms with Gasteiger partial charge in [-0.2, -0.15) is 0 Å². The van der Waals surface area contributed by atoms with Gasteiger partial charge < -0.3 is 14.1 Å². The number of methoxy groups -OCH3 is 1. The number of carbonyl (C=O) groups is 1. The minimum Gasteiger partial charge on any atom is -0.497 e. The van der Waals surface area contributed by atoms with Crippen LogP contribution in [0.2, 0.25) is 0 Å². The molecule has 1 aliphatic heterocycles. The van der Waals surface area contributed by atoms with E-state index in [0.717, 1.165) is 16.7 Å². The van der Waals surface area contributed by atoms with Crippen molar-refractivity contribution in [3.05, 3.63) is 74.6 Å². The smallest absolute Gasteiger partial charge is 0.290 e. The van der Waals surface area contributed by atoms with Gasteiger partial charge in [-0.25, -0.2) is 0 Å². The maximum atomic E-state index is 13.2. The van der Waals surface area contributed by atoms with Crippen molar-refractivity contribution in [2.24, 2.45) is 0 Å². The number of hydrogen-bond acceptors (Lipinski definition) is 4. The van der Waals surface area contributed by atoms with Crippen LogP contribution in [0.3, 0.4) is 0 Å². The fourth-order valence-electron chi connectivity index (χ4n) is 3.54. The largest absolute Gasteiger partial charge is 0.497 e. The van der Waals surface area contributed by atoms with Crippen molar-refractivity contribution in [1.82, 2.24) is 4.90 Å². The summed E-state index contributed by atoms with van der Waals surface area (Å²) in [4.78, 5) is 27.5. The van der Waals surface area contributed by atoms with Crippen molar-refractivity contribution >= 4 is 16.9 Å². The van der Waals surface area contributed by atoms with Crippen LogP contribution >= 0.6 is 0 Å². The Hall–Kier alpha value is -3.08. The Labute approximate surface area is 150 Å². The first-order valence-corrected chi connectivity index (χ1v) is 8.41. The van der Waals surface area contributed by atoms with Gasteiger partial charge in [0, 0.05) is 7.05 Å². The molecule has 1 atom stereocenters. The van der Waals surface area contributed by atoms with Gasteiger partial charge in [-0.15, -0.1) is 0 Å². The zero-order chi connectivity index (χ0) is 18.6. The molecule has 0 spiro atoms. The number of amides is 1. The molecule has 132 valence electrons. The molecule has 0 saturated heterocycles. The van der Waals surface area contributed by atoms with Crippen molar-refractivity contribution in [1.29, 1.82) is 0 Å². The second kappa shape index (κ2) is 5.73. The van der Waals surface area contributed by atoms with Crippen LogP contribution in [0.25, 0.3) is 11.0 Å². The van der Waals surface area contributed by atoms with Gasteiger partial charge in [0.1, 0.15) is 11.3 Å². The van der Waals surface area contributed by atoms with Crippen LogP contribution in [0, 0.1) is 13.8 Å². The molecule has 5 heteroatoms.